The van der Waals surface area contributed by atoms with Crippen LogP contribution in [-0.2, 0) is 19.1 Å². The Hall–Kier alpha value is -2.62. The van der Waals surface area contributed by atoms with E-state index in [1.165, 1.54) is 0 Å². The second kappa shape index (κ2) is 5.23. The molecule has 0 radical (unpaired) electrons. The maximum absolute atomic E-state index is 12.1. The number of hydrogen-bond acceptors (Lipinski definition) is 4. The summed E-state index contributed by atoms with van der Waals surface area (Å²) in [6.45, 7) is 0. The highest BCUT2D eigenvalue weighted by atomic mass is 16.7. The Bertz CT molecular complexity index is 673. The molecule has 2 aliphatic heterocycles. The Morgan fingerprint density at radius 1 is 0.696 bits per heavy atom. The molecule has 2 heterocycles. The van der Waals surface area contributed by atoms with Gasteiger partial charge in [0.15, 0.2) is 0 Å². The van der Waals surface area contributed by atoms with Gasteiger partial charge in [-0.2, -0.15) is 0 Å². The van der Waals surface area contributed by atoms with E-state index in [1.807, 2.05) is 60.7 Å². The zero-order valence-corrected chi connectivity index (χ0v) is 12.5. The topological polar surface area (TPSA) is 52.6 Å². The first-order valence-electron chi connectivity index (χ1n) is 7.72. The SMILES string of the molecule is O=C1CC(c2ccccc2)C2(O1)OC(=O)CC2c1ccccc1. The van der Waals surface area contributed by atoms with Crippen LogP contribution in [-0.4, -0.2) is 17.7 Å². The lowest BCUT2D eigenvalue weighted by Gasteiger charge is -2.33. The second-order valence-electron chi connectivity index (χ2n) is 6.00. The van der Waals surface area contributed by atoms with Crippen molar-refractivity contribution in [3.8, 4) is 0 Å². The molecular formula is C19H16O4. The first-order valence-corrected chi connectivity index (χ1v) is 7.72. The maximum Gasteiger partial charge on any atom is 0.310 e. The summed E-state index contributed by atoms with van der Waals surface area (Å²) in [5.74, 6) is -2.44. The Balaban J connectivity index is 1.82. The summed E-state index contributed by atoms with van der Waals surface area (Å²) >= 11 is 0. The first-order chi connectivity index (χ1) is 11.2. The highest BCUT2D eigenvalue weighted by Crippen LogP contribution is 2.54. The lowest BCUT2D eigenvalue weighted by molar-refractivity contribution is -0.206. The minimum absolute atomic E-state index is 0.223. The molecule has 0 aromatic heterocycles. The number of benzene rings is 2. The van der Waals surface area contributed by atoms with Crippen molar-refractivity contribution in [1.29, 1.82) is 0 Å². The van der Waals surface area contributed by atoms with E-state index in [2.05, 4.69) is 0 Å². The van der Waals surface area contributed by atoms with Crippen LogP contribution in [0, 0.1) is 0 Å². The molecule has 4 heteroatoms. The average molecular weight is 308 g/mol. The Labute approximate surface area is 134 Å². The normalized spacial score (nSPS) is 29.6. The van der Waals surface area contributed by atoms with Crippen molar-refractivity contribution >= 4 is 11.9 Å². The molecule has 2 saturated heterocycles. The number of carbonyl (C=O) groups is 2. The van der Waals surface area contributed by atoms with Crippen molar-refractivity contribution < 1.29 is 19.1 Å². The minimum atomic E-state index is -1.23. The first kappa shape index (κ1) is 14.0. The number of hydrogen-bond donors (Lipinski definition) is 0. The van der Waals surface area contributed by atoms with E-state index >= 15 is 0 Å². The fourth-order valence-corrected chi connectivity index (χ4v) is 3.68. The predicted molar refractivity (Wildman–Crippen MR) is 82.5 cm³/mol. The van der Waals surface area contributed by atoms with Crippen LogP contribution in [0.2, 0.25) is 0 Å². The van der Waals surface area contributed by atoms with E-state index in [4.69, 9.17) is 9.47 Å². The fraction of sp³-hybridized carbons (Fsp3) is 0.263. The second-order valence-corrected chi connectivity index (χ2v) is 6.00. The highest BCUT2D eigenvalue weighted by Gasteiger charge is 2.62. The predicted octanol–water partition coefficient (Wildman–Crippen LogP) is 3.14. The van der Waals surface area contributed by atoms with Gasteiger partial charge in [0, 0.05) is 0 Å². The fourth-order valence-electron chi connectivity index (χ4n) is 3.68. The zero-order chi connectivity index (χ0) is 15.9. The maximum atomic E-state index is 12.1. The van der Waals surface area contributed by atoms with Gasteiger partial charge in [-0.1, -0.05) is 60.7 Å². The quantitative estimate of drug-likeness (QED) is 0.800. The third-order valence-corrected chi connectivity index (χ3v) is 4.66. The molecule has 116 valence electrons. The molecule has 2 unspecified atom stereocenters. The summed E-state index contributed by atoms with van der Waals surface area (Å²) < 4.78 is 11.3. The van der Waals surface area contributed by atoms with Crippen LogP contribution in [0.5, 0.6) is 0 Å². The van der Waals surface area contributed by atoms with Gasteiger partial charge in [-0.15, -0.1) is 0 Å². The van der Waals surface area contributed by atoms with Gasteiger partial charge in [0.25, 0.3) is 5.79 Å². The lowest BCUT2D eigenvalue weighted by Crippen LogP contribution is -2.39. The van der Waals surface area contributed by atoms with Crippen molar-refractivity contribution in [2.24, 2.45) is 0 Å². The number of carbonyl (C=O) groups excluding carboxylic acids is 2. The molecule has 2 fully saturated rings. The highest BCUT2D eigenvalue weighted by molar-refractivity contribution is 5.79. The summed E-state index contributed by atoms with van der Waals surface area (Å²) in [7, 11) is 0. The summed E-state index contributed by atoms with van der Waals surface area (Å²) in [6, 6.07) is 19.3. The van der Waals surface area contributed by atoms with Crippen molar-refractivity contribution in [1.82, 2.24) is 0 Å². The Kier molecular flexibility index (Phi) is 3.18. The Morgan fingerprint density at radius 2 is 1.09 bits per heavy atom. The minimum Gasteiger partial charge on any atom is -0.421 e. The van der Waals surface area contributed by atoms with Gasteiger partial charge >= 0.3 is 11.9 Å². The summed E-state index contributed by atoms with van der Waals surface area (Å²) in [4.78, 5) is 24.1. The number of rotatable bonds is 2. The van der Waals surface area contributed by atoms with Crippen molar-refractivity contribution in [3.05, 3.63) is 71.8 Å². The smallest absolute Gasteiger partial charge is 0.310 e. The Morgan fingerprint density at radius 3 is 1.48 bits per heavy atom. The van der Waals surface area contributed by atoms with E-state index in [9.17, 15) is 9.59 Å². The monoisotopic (exact) mass is 308 g/mol. The molecule has 4 nitrogen and oxygen atoms in total. The van der Waals surface area contributed by atoms with Crippen LogP contribution in [0.25, 0.3) is 0 Å². The largest absolute Gasteiger partial charge is 0.421 e. The van der Waals surface area contributed by atoms with Crippen LogP contribution < -0.4 is 0 Å². The van der Waals surface area contributed by atoms with Gasteiger partial charge in [0.2, 0.25) is 0 Å². The van der Waals surface area contributed by atoms with Gasteiger partial charge in [-0.25, -0.2) is 0 Å². The van der Waals surface area contributed by atoms with E-state index in [0.717, 1.165) is 11.1 Å². The summed E-state index contributed by atoms with van der Waals surface area (Å²) in [6.07, 6.45) is 0.446. The van der Waals surface area contributed by atoms with Gasteiger partial charge < -0.3 is 9.47 Å². The molecule has 2 aliphatic rings. The molecule has 2 atom stereocenters. The van der Waals surface area contributed by atoms with E-state index in [0.29, 0.717) is 0 Å². The number of esters is 2. The standard InChI is InChI=1S/C19H16O4/c20-17-11-15(13-7-3-1-4-8-13)19(22-17)16(12-18(21)23-19)14-9-5-2-6-10-14/h1-10,15-16H,11-12H2. The van der Waals surface area contributed by atoms with Crippen LogP contribution >= 0.6 is 0 Å². The van der Waals surface area contributed by atoms with Gasteiger partial charge in [-0.3, -0.25) is 9.59 Å². The molecule has 1 spiro atoms. The molecule has 2 aromatic rings. The van der Waals surface area contributed by atoms with Crippen molar-refractivity contribution in [3.63, 3.8) is 0 Å². The summed E-state index contributed by atoms with van der Waals surface area (Å²) in [5.41, 5.74) is 1.91. The van der Waals surface area contributed by atoms with Crippen LogP contribution in [0.1, 0.15) is 35.8 Å². The van der Waals surface area contributed by atoms with Gasteiger partial charge in [-0.05, 0) is 11.1 Å². The molecule has 0 saturated carbocycles. The van der Waals surface area contributed by atoms with E-state index in [1.54, 1.807) is 0 Å². The van der Waals surface area contributed by atoms with E-state index in [-0.39, 0.29) is 36.6 Å². The molecule has 23 heavy (non-hydrogen) atoms. The van der Waals surface area contributed by atoms with Crippen molar-refractivity contribution in [2.45, 2.75) is 30.5 Å². The lowest BCUT2D eigenvalue weighted by atomic mass is 9.79. The van der Waals surface area contributed by atoms with Crippen LogP contribution in [0.4, 0.5) is 0 Å². The number of ether oxygens (including phenoxy) is 2. The third-order valence-electron chi connectivity index (χ3n) is 4.66. The average Bonchev–Trinajstić information content (AvgIpc) is 3.08. The van der Waals surface area contributed by atoms with Crippen LogP contribution in [0.15, 0.2) is 60.7 Å². The molecule has 0 bridgehead atoms. The van der Waals surface area contributed by atoms with Gasteiger partial charge in [0.05, 0.1) is 24.7 Å². The molecule has 4 rings (SSSR count). The molecule has 0 amide bonds. The zero-order valence-electron chi connectivity index (χ0n) is 12.5. The van der Waals surface area contributed by atoms with E-state index < -0.39 is 5.79 Å². The van der Waals surface area contributed by atoms with Crippen molar-refractivity contribution in [2.75, 3.05) is 0 Å². The van der Waals surface area contributed by atoms with Crippen LogP contribution in [0.3, 0.4) is 0 Å². The third kappa shape index (κ3) is 2.22. The summed E-state index contributed by atoms with van der Waals surface area (Å²) in [5, 5.41) is 0. The molecular weight excluding hydrogens is 292 g/mol. The molecule has 2 aromatic carbocycles. The molecule has 0 N–H and O–H groups in total. The van der Waals surface area contributed by atoms with Gasteiger partial charge in [0.1, 0.15) is 0 Å². The molecule has 0 aliphatic carbocycles.